The first-order valence-corrected chi connectivity index (χ1v) is 13.9. The number of piperidine rings is 1. The number of benzene rings is 1. The number of fused-ring (bicyclic) bond motifs is 2. The van der Waals surface area contributed by atoms with Gasteiger partial charge in [-0.2, -0.15) is 0 Å². The summed E-state index contributed by atoms with van der Waals surface area (Å²) in [5.41, 5.74) is 0.171. The Kier molecular flexibility index (Phi) is 8.24. The van der Waals surface area contributed by atoms with Crippen LogP contribution >= 0.6 is 0 Å². The Balaban J connectivity index is 1.37. The van der Waals surface area contributed by atoms with E-state index in [1.165, 1.54) is 19.2 Å². The van der Waals surface area contributed by atoms with Crippen molar-refractivity contribution in [1.29, 1.82) is 0 Å². The largest absolute Gasteiger partial charge is 0.497 e. The zero-order valence-corrected chi connectivity index (χ0v) is 21.3. The first-order chi connectivity index (χ1) is 17.3. The molecule has 12 heteroatoms. The minimum Gasteiger partial charge on any atom is -0.497 e. The third-order valence-corrected chi connectivity index (χ3v) is 8.56. The van der Waals surface area contributed by atoms with Crippen LogP contribution in [0.4, 0.5) is 0 Å². The molecule has 1 aromatic carbocycles. The van der Waals surface area contributed by atoms with E-state index in [1.54, 1.807) is 21.7 Å². The summed E-state index contributed by atoms with van der Waals surface area (Å²) in [6.07, 6.45) is 5.22. The normalized spacial score (nSPS) is 19.4. The van der Waals surface area contributed by atoms with Gasteiger partial charge in [0.05, 0.1) is 36.8 Å². The molecule has 196 valence electrons. The summed E-state index contributed by atoms with van der Waals surface area (Å²) in [6, 6.07) is 5.99. The fraction of sp³-hybridized carbons (Fsp3) is 0.583. The van der Waals surface area contributed by atoms with Gasteiger partial charge in [0, 0.05) is 26.2 Å². The lowest BCUT2D eigenvalue weighted by molar-refractivity contribution is -0.140. The lowest BCUT2D eigenvalue weighted by atomic mass is 9.73. The fourth-order valence-electron chi connectivity index (χ4n) is 4.75. The molecule has 0 unspecified atom stereocenters. The molecule has 0 saturated carbocycles. The average Bonchev–Trinajstić information content (AvgIpc) is 3.33. The number of amides is 2. The van der Waals surface area contributed by atoms with Crippen molar-refractivity contribution < 1.29 is 27.5 Å². The van der Waals surface area contributed by atoms with Crippen LogP contribution in [0.3, 0.4) is 0 Å². The molecular weight excluding hydrogens is 486 g/mol. The second-order valence-electron chi connectivity index (χ2n) is 9.33. The zero-order chi connectivity index (χ0) is 25.6. The van der Waals surface area contributed by atoms with Gasteiger partial charge < -0.3 is 19.7 Å². The van der Waals surface area contributed by atoms with Crippen molar-refractivity contribution >= 4 is 21.7 Å². The van der Waals surface area contributed by atoms with Crippen LogP contribution in [0.25, 0.3) is 0 Å². The van der Waals surface area contributed by atoms with Crippen molar-refractivity contribution in [3.63, 3.8) is 0 Å². The minimum atomic E-state index is -3.78. The summed E-state index contributed by atoms with van der Waals surface area (Å²) in [5, 5.41) is 11.2. The predicted molar refractivity (Wildman–Crippen MR) is 130 cm³/mol. The van der Waals surface area contributed by atoms with Crippen LogP contribution in [-0.4, -0.2) is 79.2 Å². The number of nitrogens with one attached hydrogen (secondary N) is 1. The monoisotopic (exact) mass is 519 g/mol. The Morgan fingerprint density at radius 3 is 2.61 bits per heavy atom. The number of ether oxygens (including phenoxy) is 2. The Morgan fingerprint density at radius 2 is 1.89 bits per heavy atom. The molecule has 1 spiro atoms. The van der Waals surface area contributed by atoms with Crippen LogP contribution in [0.1, 0.15) is 37.8 Å². The van der Waals surface area contributed by atoms with Gasteiger partial charge in [-0.05, 0) is 49.9 Å². The molecule has 2 aromatic rings. The molecule has 4 rings (SSSR count). The Hall–Kier alpha value is -2.99. The molecule has 2 bridgehead atoms. The van der Waals surface area contributed by atoms with E-state index >= 15 is 0 Å². The van der Waals surface area contributed by atoms with Gasteiger partial charge in [0.15, 0.2) is 9.84 Å². The van der Waals surface area contributed by atoms with Crippen molar-refractivity contribution in [3.05, 3.63) is 36.2 Å². The van der Waals surface area contributed by atoms with Gasteiger partial charge in [-0.1, -0.05) is 11.6 Å². The van der Waals surface area contributed by atoms with Crippen LogP contribution in [0.5, 0.6) is 5.75 Å². The van der Waals surface area contributed by atoms with Crippen molar-refractivity contribution in [2.45, 2.75) is 50.2 Å². The number of likely N-dealkylation sites (tertiary alicyclic amines) is 1. The standard InChI is InChI=1S/C24H33N5O6S/c1-34-20-4-6-21(7-5-20)36(32,33)18-22(30)28-13-9-24(10-14-28)8-2-3-12-29-16-19(26-27-29)17-35-15-11-25-23(24)31/h4-7,16H,2-3,8-15,17-18H2,1H3,(H,25,31). The number of sulfone groups is 1. The van der Waals surface area contributed by atoms with E-state index in [-0.39, 0.29) is 10.8 Å². The molecule has 0 radical (unpaired) electrons. The lowest BCUT2D eigenvalue weighted by Crippen LogP contribution is -2.51. The first kappa shape index (κ1) is 26.1. The maximum absolute atomic E-state index is 13.2. The van der Waals surface area contributed by atoms with Gasteiger partial charge in [0.25, 0.3) is 0 Å². The van der Waals surface area contributed by atoms with Gasteiger partial charge in [-0.15, -0.1) is 5.10 Å². The van der Waals surface area contributed by atoms with Crippen molar-refractivity contribution in [3.8, 4) is 5.75 Å². The summed E-state index contributed by atoms with van der Waals surface area (Å²) in [6.45, 7) is 2.48. The number of methoxy groups -OCH3 is 1. The van der Waals surface area contributed by atoms with Crippen LogP contribution in [0.15, 0.2) is 35.4 Å². The van der Waals surface area contributed by atoms with Gasteiger partial charge in [0.2, 0.25) is 11.8 Å². The summed E-state index contributed by atoms with van der Waals surface area (Å²) in [5.74, 6) is -0.536. The number of rotatable bonds is 4. The molecule has 1 aromatic heterocycles. The smallest absolute Gasteiger partial charge is 0.238 e. The average molecular weight is 520 g/mol. The third-order valence-electron chi connectivity index (χ3n) is 6.95. The van der Waals surface area contributed by atoms with Crippen molar-refractivity contribution in [1.82, 2.24) is 25.2 Å². The summed E-state index contributed by atoms with van der Waals surface area (Å²) in [7, 11) is -2.28. The Bertz CT molecular complexity index is 1160. The molecule has 0 aliphatic carbocycles. The number of aromatic nitrogens is 3. The van der Waals surface area contributed by atoms with E-state index in [4.69, 9.17) is 9.47 Å². The van der Waals surface area contributed by atoms with E-state index in [0.717, 1.165) is 18.5 Å². The number of nitrogens with zero attached hydrogens (tertiary/aromatic N) is 4. The molecule has 2 amide bonds. The number of hydrogen-bond donors (Lipinski definition) is 1. The molecule has 11 nitrogen and oxygen atoms in total. The topological polar surface area (TPSA) is 133 Å². The SMILES string of the molecule is COc1ccc(S(=O)(=O)CC(=O)N2CCC3(CCCCn4cc(nn4)COCCNC3=O)CC2)cc1. The van der Waals surface area contributed by atoms with E-state index in [0.29, 0.717) is 64.4 Å². The van der Waals surface area contributed by atoms with Crippen LogP contribution in [-0.2, 0) is 37.3 Å². The number of carbonyl (C=O) groups excluding carboxylic acids is 2. The molecule has 1 N–H and O–H groups in total. The molecule has 3 heterocycles. The lowest BCUT2D eigenvalue weighted by Gasteiger charge is -2.41. The Labute approximate surface area is 211 Å². The van der Waals surface area contributed by atoms with Crippen LogP contribution < -0.4 is 10.1 Å². The number of carbonyl (C=O) groups is 2. The highest BCUT2D eigenvalue weighted by Crippen LogP contribution is 2.37. The molecule has 1 saturated heterocycles. The van der Waals surface area contributed by atoms with Crippen LogP contribution in [0.2, 0.25) is 0 Å². The predicted octanol–water partition coefficient (Wildman–Crippen LogP) is 1.19. The maximum atomic E-state index is 13.2. The van der Waals surface area contributed by atoms with Crippen molar-refractivity contribution in [2.24, 2.45) is 5.41 Å². The molecule has 1 fully saturated rings. The van der Waals surface area contributed by atoms with E-state index in [1.807, 2.05) is 6.20 Å². The number of hydrogen-bond acceptors (Lipinski definition) is 8. The molecule has 2 aliphatic heterocycles. The quantitative estimate of drug-likeness (QED) is 0.637. The fourth-order valence-corrected chi connectivity index (χ4v) is 5.97. The van der Waals surface area contributed by atoms with Gasteiger partial charge in [-0.25, -0.2) is 8.42 Å². The first-order valence-electron chi connectivity index (χ1n) is 12.2. The van der Waals surface area contributed by atoms with Crippen LogP contribution in [0, 0.1) is 5.41 Å². The van der Waals surface area contributed by atoms with E-state index in [2.05, 4.69) is 15.6 Å². The third kappa shape index (κ3) is 6.22. The highest BCUT2D eigenvalue weighted by Gasteiger charge is 2.42. The molecular formula is C24H33N5O6S. The minimum absolute atomic E-state index is 0.0296. The van der Waals surface area contributed by atoms with Crippen molar-refractivity contribution in [2.75, 3.05) is 39.1 Å². The highest BCUT2D eigenvalue weighted by atomic mass is 32.2. The highest BCUT2D eigenvalue weighted by molar-refractivity contribution is 7.92. The second kappa shape index (κ2) is 11.4. The Morgan fingerprint density at radius 1 is 1.14 bits per heavy atom. The van der Waals surface area contributed by atoms with E-state index in [9.17, 15) is 18.0 Å². The zero-order valence-electron chi connectivity index (χ0n) is 20.5. The van der Waals surface area contributed by atoms with E-state index < -0.39 is 26.9 Å². The summed E-state index contributed by atoms with van der Waals surface area (Å²) in [4.78, 5) is 27.7. The summed E-state index contributed by atoms with van der Waals surface area (Å²) < 4.78 is 38.0. The molecule has 0 atom stereocenters. The van der Waals surface area contributed by atoms with Gasteiger partial charge in [0.1, 0.15) is 17.2 Å². The summed E-state index contributed by atoms with van der Waals surface area (Å²) >= 11 is 0. The van der Waals surface area contributed by atoms with Gasteiger partial charge in [-0.3, -0.25) is 14.3 Å². The number of aryl methyl sites for hydroxylation is 1. The molecule has 36 heavy (non-hydrogen) atoms. The second-order valence-corrected chi connectivity index (χ2v) is 11.3. The molecule has 2 aliphatic rings. The maximum Gasteiger partial charge on any atom is 0.238 e. The van der Waals surface area contributed by atoms with Gasteiger partial charge >= 0.3 is 0 Å².